The molecule has 4 bridgehead atoms. The molecule has 118 valence electrons. The summed E-state index contributed by atoms with van der Waals surface area (Å²) in [7, 11) is 0. The van der Waals surface area contributed by atoms with E-state index in [4.69, 9.17) is 18.0 Å². The van der Waals surface area contributed by atoms with Crippen LogP contribution in [0.15, 0.2) is 0 Å². The molecule has 4 rings (SSSR count). The SMILES string of the molecule is CC12CC3CC(C)(C1)CC(CC(=O)NCCC(N)=S)(C3)C2. The van der Waals surface area contributed by atoms with E-state index in [1.165, 1.54) is 38.5 Å². The number of hydrogen-bond donors (Lipinski definition) is 2. The van der Waals surface area contributed by atoms with E-state index in [1.807, 2.05) is 0 Å². The molecule has 0 saturated heterocycles. The maximum absolute atomic E-state index is 12.3. The van der Waals surface area contributed by atoms with Gasteiger partial charge in [0.2, 0.25) is 5.91 Å². The van der Waals surface area contributed by atoms with Gasteiger partial charge >= 0.3 is 0 Å². The minimum absolute atomic E-state index is 0.195. The largest absolute Gasteiger partial charge is 0.393 e. The van der Waals surface area contributed by atoms with Crippen LogP contribution in [0.25, 0.3) is 0 Å². The van der Waals surface area contributed by atoms with Gasteiger partial charge in [0.1, 0.15) is 0 Å². The van der Waals surface area contributed by atoms with Crippen molar-refractivity contribution in [1.82, 2.24) is 5.32 Å². The van der Waals surface area contributed by atoms with Crippen LogP contribution in [-0.2, 0) is 4.79 Å². The van der Waals surface area contributed by atoms with Gasteiger partial charge in [0.15, 0.2) is 0 Å². The fraction of sp³-hybridized carbons (Fsp3) is 0.882. The highest BCUT2D eigenvalue weighted by molar-refractivity contribution is 7.80. The molecule has 0 spiro atoms. The molecule has 0 aromatic heterocycles. The van der Waals surface area contributed by atoms with Crippen LogP contribution >= 0.6 is 12.2 Å². The van der Waals surface area contributed by atoms with E-state index in [0.717, 1.165) is 5.92 Å². The van der Waals surface area contributed by atoms with Gasteiger partial charge in [0, 0.05) is 19.4 Å². The van der Waals surface area contributed by atoms with Crippen LogP contribution in [0.5, 0.6) is 0 Å². The van der Waals surface area contributed by atoms with E-state index in [1.54, 1.807) is 0 Å². The molecule has 3 nitrogen and oxygen atoms in total. The molecule has 0 radical (unpaired) electrons. The van der Waals surface area contributed by atoms with Crippen LogP contribution in [0, 0.1) is 22.2 Å². The second kappa shape index (κ2) is 4.94. The highest BCUT2D eigenvalue weighted by Gasteiger charge is 2.60. The first kappa shape index (κ1) is 15.3. The van der Waals surface area contributed by atoms with Crippen molar-refractivity contribution in [1.29, 1.82) is 0 Å². The van der Waals surface area contributed by atoms with E-state index >= 15 is 0 Å². The zero-order chi connectivity index (χ0) is 15.3. The molecule has 21 heavy (non-hydrogen) atoms. The third kappa shape index (κ3) is 3.10. The average molecular weight is 308 g/mol. The predicted molar refractivity (Wildman–Crippen MR) is 88.9 cm³/mol. The molecule has 3 N–H and O–H groups in total. The van der Waals surface area contributed by atoms with Gasteiger partial charge in [-0.1, -0.05) is 26.1 Å². The lowest BCUT2D eigenvalue weighted by molar-refractivity contribution is -0.156. The monoisotopic (exact) mass is 308 g/mol. The molecular formula is C17H28N2OS. The third-order valence-corrected chi connectivity index (χ3v) is 6.17. The number of carbonyl (C=O) groups excluding carboxylic acids is 1. The summed E-state index contributed by atoms with van der Waals surface area (Å²) in [6.07, 6.45) is 9.19. The van der Waals surface area contributed by atoms with Gasteiger partial charge in [-0.05, 0) is 60.7 Å². The quantitative estimate of drug-likeness (QED) is 0.767. The normalized spacial score (nSPS) is 43.8. The average Bonchev–Trinajstić information content (AvgIpc) is 2.21. The number of hydrogen-bond acceptors (Lipinski definition) is 2. The molecular weight excluding hydrogens is 280 g/mol. The van der Waals surface area contributed by atoms with Gasteiger partial charge in [-0.25, -0.2) is 0 Å². The third-order valence-electron chi connectivity index (χ3n) is 5.97. The molecule has 2 unspecified atom stereocenters. The molecule has 4 heteroatoms. The van der Waals surface area contributed by atoms with Gasteiger partial charge in [-0.15, -0.1) is 0 Å². The fourth-order valence-electron chi connectivity index (χ4n) is 6.61. The Morgan fingerprint density at radius 1 is 1.19 bits per heavy atom. The summed E-state index contributed by atoms with van der Waals surface area (Å²) >= 11 is 4.86. The van der Waals surface area contributed by atoms with E-state index < -0.39 is 0 Å². The van der Waals surface area contributed by atoms with E-state index in [2.05, 4.69) is 19.2 Å². The Morgan fingerprint density at radius 2 is 1.81 bits per heavy atom. The van der Waals surface area contributed by atoms with E-state index in [-0.39, 0.29) is 11.3 Å². The maximum Gasteiger partial charge on any atom is 0.220 e. The van der Waals surface area contributed by atoms with Crippen molar-refractivity contribution in [2.45, 2.75) is 65.2 Å². The molecule has 0 aromatic carbocycles. The number of nitrogens with one attached hydrogen (secondary N) is 1. The summed E-state index contributed by atoms with van der Waals surface area (Å²) in [5, 5.41) is 3.01. The maximum atomic E-state index is 12.3. The zero-order valence-electron chi connectivity index (χ0n) is 13.3. The van der Waals surface area contributed by atoms with Crippen molar-refractivity contribution >= 4 is 23.1 Å². The second-order valence-electron chi connectivity index (χ2n) is 8.87. The Hall–Kier alpha value is -0.640. The number of nitrogens with two attached hydrogens (primary N) is 1. The molecule has 4 aliphatic carbocycles. The molecule has 0 aromatic rings. The Bertz CT molecular complexity index is 457. The lowest BCUT2D eigenvalue weighted by Crippen LogP contribution is -2.56. The smallest absolute Gasteiger partial charge is 0.220 e. The Morgan fingerprint density at radius 3 is 2.33 bits per heavy atom. The first-order valence-corrected chi connectivity index (χ1v) is 8.68. The van der Waals surface area contributed by atoms with Crippen LogP contribution < -0.4 is 11.1 Å². The van der Waals surface area contributed by atoms with Gasteiger partial charge in [0.25, 0.3) is 0 Å². The van der Waals surface area contributed by atoms with Gasteiger partial charge < -0.3 is 11.1 Å². The first-order chi connectivity index (χ1) is 9.72. The summed E-state index contributed by atoms with van der Waals surface area (Å²) in [6, 6.07) is 0. The van der Waals surface area contributed by atoms with Crippen molar-refractivity contribution in [3.05, 3.63) is 0 Å². The Labute approximate surface area is 133 Å². The van der Waals surface area contributed by atoms with Crippen molar-refractivity contribution < 1.29 is 4.79 Å². The number of carbonyl (C=O) groups is 1. The minimum Gasteiger partial charge on any atom is -0.393 e. The van der Waals surface area contributed by atoms with Gasteiger partial charge in [-0.2, -0.15) is 0 Å². The minimum atomic E-state index is 0.195. The molecule has 4 fully saturated rings. The fourth-order valence-corrected chi connectivity index (χ4v) is 6.71. The molecule has 4 aliphatic rings. The van der Waals surface area contributed by atoms with E-state index in [9.17, 15) is 4.79 Å². The van der Waals surface area contributed by atoms with Crippen molar-refractivity contribution in [2.24, 2.45) is 27.9 Å². The Kier molecular flexibility index (Phi) is 3.59. The lowest BCUT2D eigenvalue weighted by atomic mass is 9.40. The van der Waals surface area contributed by atoms with Crippen molar-refractivity contribution in [3.8, 4) is 0 Å². The molecule has 0 heterocycles. The first-order valence-electron chi connectivity index (χ1n) is 8.27. The summed E-state index contributed by atoms with van der Waals surface area (Å²) in [5.74, 6) is 1.04. The summed E-state index contributed by atoms with van der Waals surface area (Å²) in [6.45, 7) is 5.49. The lowest BCUT2D eigenvalue weighted by Gasteiger charge is -2.65. The van der Waals surface area contributed by atoms with Crippen LogP contribution in [0.4, 0.5) is 0 Å². The summed E-state index contributed by atoms with van der Waals surface area (Å²) < 4.78 is 0. The number of thiocarbonyl (C=S) groups is 1. The van der Waals surface area contributed by atoms with Crippen LogP contribution in [0.1, 0.15) is 65.2 Å². The van der Waals surface area contributed by atoms with Crippen molar-refractivity contribution in [3.63, 3.8) is 0 Å². The molecule has 4 saturated carbocycles. The zero-order valence-corrected chi connectivity index (χ0v) is 14.2. The second-order valence-corrected chi connectivity index (χ2v) is 9.40. The van der Waals surface area contributed by atoms with Crippen molar-refractivity contribution in [2.75, 3.05) is 6.54 Å². The summed E-state index contributed by atoms with van der Waals surface area (Å²) in [4.78, 5) is 12.8. The number of amides is 1. The Balaban J connectivity index is 1.65. The standard InChI is InChI=1S/C17H28N2OS/c1-15-5-12-6-16(2,9-15)11-17(7-12,10-15)8-14(20)19-4-3-13(18)21/h12H,3-11H2,1-2H3,(H2,18,21)(H,19,20). The highest BCUT2D eigenvalue weighted by Crippen LogP contribution is 2.70. The van der Waals surface area contributed by atoms with Gasteiger partial charge in [-0.3, -0.25) is 4.79 Å². The van der Waals surface area contributed by atoms with Crippen LogP contribution in [0.3, 0.4) is 0 Å². The summed E-state index contributed by atoms with van der Waals surface area (Å²) in [5.41, 5.74) is 6.70. The van der Waals surface area contributed by atoms with Crippen LogP contribution in [-0.4, -0.2) is 17.4 Å². The van der Waals surface area contributed by atoms with Gasteiger partial charge in [0.05, 0.1) is 4.99 Å². The molecule has 2 atom stereocenters. The van der Waals surface area contributed by atoms with Crippen LogP contribution in [0.2, 0.25) is 0 Å². The highest BCUT2D eigenvalue weighted by atomic mass is 32.1. The van der Waals surface area contributed by atoms with E-state index in [0.29, 0.717) is 35.2 Å². The molecule has 0 aliphatic heterocycles. The molecule has 1 amide bonds. The predicted octanol–water partition coefficient (Wildman–Crippen LogP) is 3.17. The number of rotatable bonds is 5. The topological polar surface area (TPSA) is 55.1 Å².